The maximum Gasteiger partial charge on any atom is 0.303 e. The number of hydrogen-bond acceptors (Lipinski definition) is 5. The van der Waals surface area contributed by atoms with Gasteiger partial charge in [-0.05, 0) is 53.1 Å². The number of carbonyl (C=O) groups excluding carboxylic acids is 2. The van der Waals surface area contributed by atoms with Crippen LogP contribution in [0, 0.1) is 11.2 Å². The number of benzene rings is 2. The Morgan fingerprint density at radius 2 is 2.00 bits per heavy atom. The Balaban J connectivity index is 1.79. The summed E-state index contributed by atoms with van der Waals surface area (Å²) in [5.41, 5.74) is -0.233. The molecule has 0 bridgehead atoms. The van der Waals surface area contributed by atoms with Crippen molar-refractivity contribution < 1.29 is 28.9 Å². The Morgan fingerprint density at radius 3 is 2.71 bits per heavy atom. The number of esters is 1. The number of aryl methyl sites for hydroxylation is 1. The summed E-state index contributed by atoms with van der Waals surface area (Å²) in [6.07, 6.45) is 2.92. The monoisotopic (exact) mass is 384 g/mol. The summed E-state index contributed by atoms with van der Waals surface area (Å²) in [6, 6.07) is 6.05. The van der Waals surface area contributed by atoms with Crippen molar-refractivity contribution in [3.8, 4) is 5.75 Å². The lowest BCUT2D eigenvalue weighted by Crippen LogP contribution is -2.53. The first-order valence-corrected chi connectivity index (χ1v) is 9.21. The van der Waals surface area contributed by atoms with Crippen LogP contribution >= 0.6 is 0 Å². The minimum atomic E-state index is -1.70. The summed E-state index contributed by atoms with van der Waals surface area (Å²) >= 11 is 0. The van der Waals surface area contributed by atoms with Gasteiger partial charge in [-0.1, -0.05) is 19.1 Å². The van der Waals surface area contributed by atoms with Crippen LogP contribution in [0.4, 0.5) is 4.39 Å². The highest BCUT2D eigenvalue weighted by Gasteiger charge is 2.58. The van der Waals surface area contributed by atoms with Crippen LogP contribution in [0.2, 0.25) is 0 Å². The molecule has 28 heavy (non-hydrogen) atoms. The third-order valence-electron chi connectivity index (χ3n) is 6.32. The second-order valence-corrected chi connectivity index (χ2v) is 7.83. The average Bonchev–Trinajstić information content (AvgIpc) is 2.92. The van der Waals surface area contributed by atoms with E-state index in [9.17, 15) is 24.2 Å². The molecule has 2 aliphatic carbocycles. The molecule has 2 aromatic rings. The van der Waals surface area contributed by atoms with Gasteiger partial charge in [0.05, 0.1) is 0 Å². The summed E-state index contributed by atoms with van der Waals surface area (Å²) in [5.74, 6) is -1.60. The molecule has 6 heteroatoms. The predicted molar refractivity (Wildman–Crippen MR) is 101 cm³/mol. The van der Waals surface area contributed by atoms with Gasteiger partial charge < -0.3 is 14.9 Å². The zero-order chi connectivity index (χ0) is 20.3. The Labute approximate surface area is 161 Å². The van der Waals surface area contributed by atoms with Crippen molar-refractivity contribution >= 4 is 28.1 Å². The van der Waals surface area contributed by atoms with Gasteiger partial charge in [0.2, 0.25) is 5.78 Å². The zero-order valence-electron chi connectivity index (χ0n) is 15.7. The van der Waals surface area contributed by atoms with E-state index in [1.807, 2.05) is 0 Å². The highest BCUT2D eigenvalue weighted by molar-refractivity contribution is 5.99. The van der Waals surface area contributed by atoms with Gasteiger partial charge in [-0.15, -0.1) is 0 Å². The van der Waals surface area contributed by atoms with Crippen LogP contribution in [0.15, 0.2) is 30.3 Å². The summed E-state index contributed by atoms with van der Waals surface area (Å²) in [6.45, 7) is 2.53. The van der Waals surface area contributed by atoms with E-state index in [0.717, 1.165) is 16.5 Å². The number of Topliss-reactive ketones (excluding diaryl/α,β-unsaturated/α-hetero) is 1. The molecule has 2 atom stereocenters. The van der Waals surface area contributed by atoms with E-state index in [4.69, 9.17) is 4.74 Å². The summed E-state index contributed by atoms with van der Waals surface area (Å²) in [5, 5.41) is 22.0. The SMILES string of the molecule is CC(=O)OCC(=O)[C@@]1(O)CC=C2c3cc(F)c4cc(O)ccc4c3CC[C@@]21C. The number of fused-ring (bicyclic) bond motifs is 5. The van der Waals surface area contributed by atoms with Crippen molar-refractivity contribution in [2.24, 2.45) is 5.41 Å². The second kappa shape index (κ2) is 6.14. The van der Waals surface area contributed by atoms with E-state index in [-0.39, 0.29) is 12.2 Å². The molecule has 0 saturated carbocycles. The molecule has 2 aromatic carbocycles. The minimum absolute atomic E-state index is 0.00229. The smallest absolute Gasteiger partial charge is 0.303 e. The van der Waals surface area contributed by atoms with Gasteiger partial charge in [0.15, 0.2) is 6.61 Å². The lowest BCUT2D eigenvalue weighted by Gasteiger charge is -2.44. The van der Waals surface area contributed by atoms with E-state index in [1.54, 1.807) is 19.1 Å². The topological polar surface area (TPSA) is 83.8 Å². The molecule has 0 spiro atoms. The molecule has 5 nitrogen and oxygen atoms in total. The predicted octanol–water partition coefficient (Wildman–Crippen LogP) is 3.29. The number of phenolic OH excluding ortho intramolecular Hbond substituents is 1. The van der Waals surface area contributed by atoms with Gasteiger partial charge >= 0.3 is 5.97 Å². The molecule has 2 N–H and O–H groups in total. The summed E-state index contributed by atoms with van der Waals surface area (Å²) in [4.78, 5) is 23.7. The third kappa shape index (κ3) is 2.48. The number of aliphatic hydroxyl groups is 1. The van der Waals surface area contributed by atoms with Crippen molar-refractivity contribution in [3.63, 3.8) is 0 Å². The lowest BCUT2D eigenvalue weighted by atomic mass is 9.62. The Bertz CT molecular complexity index is 1060. The molecular formula is C22H21FO5. The highest BCUT2D eigenvalue weighted by atomic mass is 19.1. The number of hydrogen-bond donors (Lipinski definition) is 2. The number of rotatable bonds is 3. The molecule has 2 aliphatic rings. The molecule has 146 valence electrons. The van der Waals surface area contributed by atoms with Crippen molar-refractivity contribution in [2.45, 2.75) is 38.7 Å². The van der Waals surface area contributed by atoms with E-state index in [1.165, 1.54) is 25.1 Å². The average molecular weight is 384 g/mol. The minimum Gasteiger partial charge on any atom is -0.508 e. The van der Waals surface area contributed by atoms with Crippen LogP contribution in [0.5, 0.6) is 5.75 Å². The van der Waals surface area contributed by atoms with Crippen LogP contribution in [0.1, 0.15) is 37.8 Å². The van der Waals surface area contributed by atoms with Gasteiger partial charge in [-0.3, -0.25) is 9.59 Å². The number of ether oxygens (including phenoxy) is 1. The maximum absolute atomic E-state index is 14.8. The Morgan fingerprint density at radius 1 is 1.25 bits per heavy atom. The van der Waals surface area contributed by atoms with Gasteiger partial charge in [0, 0.05) is 24.1 Å². The quantitative estimate of drug-likeness (QED) is 0.794. The summed E-state index contributed by atoms with van der Waals surface area (Å²) in [7, 11) is 0. The number of ketones is 1. The van der Waals surface area contributed by atoms with E-state index < -0.39 is 35.2 Å². The summed E-state index contributed by atoms with van der Waals surface area (Å²) < 4.78 is 19.6. The maximum atomic E-state index is 14.8. The molecule has 0 amide bonds. The van der Waals surface area contributed by atoms with Gasteiger partial charge in [-0.2, -0.15) is 0 Å². The van der Waals surface area contributed by atoms with E-state index in [0.29, 0.717) is 23.8 Å². The fraction of sp³-hybridized carbons (Fsp3) is 0.364. The van der Waals surface area contributed by atoms with Crippen LogP contribution in [0.3, 0.4) is 0 Å². The normalized spacial score (nSPS) is 25.8. The lowest BCUT2D eigenvalue weighted by molar-refractivity contribution is -0.158. The molecule has 0 unspecified atom stereocenters. The number of carbonyl (C=O) groups is 2. The van der Waals surface area contributed by atoms with E-state index in [2.05, 4.69) is 0 Å². The number of aromatic hydroxyl groups is 1. The molecule has 0 radical (unpaired) electrons. The van der Waals surface area contributed by atoms with Crippen molar-refractivity contribution in [2.75, 3.05) is 6.61 Å². The second-order valence-electron chi connectivity index (χ2n) is 7.83. The van der Waals surface area contributed by atoms with Gasteiger partial charge in [-0.25, -0.2) is 4.39 Å². The fourth-order valence-corrected chi connectivity index (χ4v) is 4.69. The largest absolute Gasteiger partial charge is 0.508 e. The Hall–Kier alpha value is -2.73. The van der Waals surface area contributed by atoms with Crippen molar-refractivity contribution in [1.29, 1.82) is 0 Å². The number of halogens is 1. The molecule has 0 aromatic heterocycles. The molecule has 4 rings (SSSR count). The molecule has 0 fully saturated rings. The molecule has 0 heterocycles. The van der Waals surface area contributed by atoms with Crippen molar-refractivity contribution in [1.82, 2.24) is 0 Å². The Kier molecular flexibility index (Phi) is 4.08. The molecule has 0 aliphatic heterocycles. The van der Waals surface area contributed by atoms with Crippen LogP contribution in [-0.4, -0.2) is 34.2 Å². The highest BCUT2D eigenvalue weighted by Crippen LogP contribution is 2.58. The first-order chi connectivity index (χ1) is 13.2. The third-order valence-corrected chi connectivity index (χ3v) is 6.32. The zero-order valence-corrected chi connectivity index (χ0v) is 15.7. The fourth-order valence-electron chi connectivity index (χ4n) is 4.69. The standard InChI is InChI=1S/C22H21FO5/c1-12(24)28-11-20(26)22(27)8-6-18-16-10-19(23)17-9-13(25)3-4-14(17)15(16)5-7-21(18,22)2/h3-4,6,9-10,25,27H,5,7-8,11H2,1-2H3/t21-,22-/m0/s1. The van der Waals surface area contributed by atoms with Crippen molar-refractivity contribution in [3.05, 3.63) is 47.3 Å². The van der Waals surface area contributed by atoms with Crippen LogP contribution in [-0.2, 0) is 20.7 Å². The first kappa shape index (κ1) is 18.6. The molecular weight excluding hydrogens is 363 g/mol. The molecule has 0 saturated heterocycles. The first-order valence-electron chi connectivity index (χ1n) is 9.21. The van der Waals surface area contributed by atoms with Gasteiger partial charge in [0.25, 0.3) is 0 Å². The van der Waals surface area contributed by atoms with Crippen LogP contribution in [0.25, 0.3) is 16.3 Å². The van der Waals surface area contributed by atoms with E-state index >= 15 is 0 Å². The van der Waals surface area contributed by atoms with Crippen LogP contribution < -0.4 is 0 Å². The number of phenols is 1. The van der Waals surface area contributed by atoms with Gasteiger partial charge in [0.1, 0.15) is 17.2 Å².